The number of hydrogen-bond donors (Lipinski definition) is 0. The zero-order valence-corrected chi connectivity index (χ0v) is 5.10. The molecule has 0 unspecified atom stereocenters. The summed E-state index contributed by atoms with van der Waals surface area (Å²) in [5, 5.41) is 0. The van der Waals surface area contributed by atoms with Crippen molar-refractivity contribution >= 4 is 29.3 Å². The van der Waals surface area contributed by atoms with E-state index in [9.17, 15) is 0 Å². The van der Waals surface area contributed by atoms with E-state index in [0.717, 1.165) is 0 Å². The van der Waals surface area contributed by atoms with Gasteiger partial charge < -0.3 is 4.52 Å². The van der Waals surface area contributed by atoms with Gasteiger partial charge in [0.2, 0.25) is 0 Å². The summed E-state index contributed by atoms with van der Waals surface area (Å²) in [4.78, 5) is 0. The lowest BCUT2D eigenvalue weighted by Gasteiger charge is -1.87. The molecule has 0 aliphatic carbocycles. The van der Waals surface area contributed by atoms with Gasteiger partial charge in [-0.2, -0.15) is 0 Å². The Balaban J connectivity index is 2.88. The fourth-order valence-electron chi connectivity index (χ4n) is 0.0398. The molecule has 4 heteroatoms. The van der Waals surface area contributed by atoms with Crippen LogP contribution in [-0.2, 0) is 4.52 Å². The second-order valence-electron chi connectivity index (χ2n) is 0.411. The highest BCUT2D eigenvalue weighted by Gasteiger charge is 1.91. The lowest BCUT2D eigenvalue weighted by atomic mass is 11.3. The topological polar surface area (TPSA) is 9.23 Å². The van der Waals surface area contributed by atoms with Crippen LogP contribution in [0.2, 0.25) is 0 Å². The maximum absolute atomic E-state index is 5.04. The van der Waals surface area contributed by atoms with E-state index in [0.29, 0.717) is 0 Å². The SMILES string of the molecule is C#COP(Cl)Cl. The lowest BCUT2D eigenvalue weighted by Crippen LogP contribution is -1.52. The largest absolute Gasteiger partial charge is 0.393 e. The molecule has 0 amide bonds. The second-order valence-corrected chi connectivity index (χ2v) is 3.36. The normalized spacial score (nSPS) is 7.67. The lowest BCUT2D eigenvalue weighted by molar-refractivity contribution is 0.603. The van der Waals surface area contributed by atoms with Crippen LogP contribution in [0.5, 0.6) is 0 Å². The Bertz CT molecular complexity index is 66.4. The first-order chi connectivity index (χ1) is 2.77. The van der Waals surface area contributed by atoms with Gasteiger partial charge in [0.1, 0.15) is 6.11 Å². The Hall–Kier alpha value is 0.370. The van der Waals surface area contributed by atoms with Crippen LogP contribution in [0.4, 0.5) is 0 Å². The van der Waals surface area contributed by atoms with E-state index in [1.807, 2.05) is 6.11 Å². The van der Waals surface area contributed by atoms with Crippen molar-refractivity contribution in [2.24, 2.45) is 0 Å². The molecule has 0 aromatic heterocycles. The molecule has 0 N–H and O–H groups in total. The summed E-state index contributed by atoms with van der Waals surface area (Å²) in [6, 6.07) is 0. The molecule has 0 heterocycles. The maximum atomic E-state index is 5.04. The Morgan fingerprint density at radius 2 is 2.17 bits per heavy atom. The van der Waals surface area contributed by atoms with Gasteiger partial charge in [0.15, 0.2) is 0 Å². The van der Waals surface area contributed by atoms with Crippen LogP contribution in [0, 0.1) is 12.5 Å². The summed E-state index contributed by atoms with van der Waals surface area (Å²) >= 11 is 10.1. The Morgan fingerprint density at radius 3 is 2.17 bits per heavy atom. The quantitative estimate of drug-likeness (QED) is 0.404. The predicted molar refractivity (Wildman–Crippen MR) is 28.5 cm³/mol. The molecule has 0 saturated carbocycles. The third kappa shape index (κ3) is 4.37. The maximum Gasteiger partial charge on any atom is 0.294 e. The van der Waals surface area contributed by atoms with Crippen molar-refractivity contribution in [2.75, 3.05) is 0 Å². The highest BCUT2D eigenvalue weighted by Crippen LogP contribution is 2.47. The van der Waals surface area contributed by atoms with Gasteiger partial charge >= 0.3 is 0 Å². The molecule has 0 aromatic rings. The van der Waals surface area contributed by atoms with E-state index in [4.69, 9.17) is 22.5 Å². The summed E-state index contributed by atoms with van der Waals surface area (Å²) in [6.07, 6.45) is 6.44. The van der Waals surface area contributed by atoms with Gasteiger partial charge in [0.05, 0.1) is 0 Å². The molecular formula is C2HCl2OP. The molecule has 0 atom stereocenters. The first-order valence-electron chi connectivity index (χ1n) is 1.01. The van der Waals surface area contributed by atoms with Crippen LogP contribution in [0.3, 0.4) is 0 Å². The summed E-state index contributed by atoms with van der Waals surface area (Å²) < 4.78 is 4.17. The summed E-state index contributed by atoms with van der Waals surface area (Å²) in [5.74, 6) is 0. The second kappa shape index (κ2) is 3.56. The third-order valence-corrected chi connectivity index (χ3v) is 0.779. The van der Waals surface area contributed by atoms with E-state index in [2.05, 4.69) is 10.9 Å². The van der Waals surface area contributed by atoms with E-state index >= 15 is 0 Å². The average Bonchev–Trinajstić information content (AvgIpc) is 1.35. The molecular weight excluding hydrogens is 142 g/mol. The monoisotopic (exact) mass is 142 g/mol. The van der Waals surface area contributed by atoms with Gasteiger partial charge in [-0.25, -0.2) is 0 Å². The summed E-state index contributed by atoms with van der Waals surface area (Å²) in [7, 11) is 0. The molecule has 0 fully saturated rings. The first kappa shape index (κ1) is 6.37. The molecule has 6 heavy (non-hydrogen) atoms. The predicted octanol–water partition coefficient (Wildman–Crippen LogP) is 2.30. The van der Waals surface area contributed by atoms with Gasteiger partial charge in [-0.1, -0.05) is 6.42 Å². The van der Waals surface area contributed by atoms with Gasteiger partial charge in [-0.15, -0.1) is 0 Å². The van der Waals surface area contributed by atoms with Crippen molar-refractivity contribution in [2.45, 2.75) is 0 Å². The van der Waals surface area contributed by atoms with Crippen LogP contribution in [0.1, 0.15) is 0 Å². The minimum atomic E-state index is -1.39. The van der Waals surface area contributed by atoms with E-state index < -0.39 is 6.85 Å². The third-order valence-electron chi connectivity index (χ3n) is 0.122. The van der Waals surface area contributed by atoms with Crippen molar-refractivity contribution in [3.8, 4) is 12.5 Å². The fraction of sp³-hybridized carbons (Fsp3) is 0. The van der Waals surface area contributed by atoms with Gasteiger partial charge in [0.25, 0.3) is 6.85 Å². The number of terminal acetylenes is 1. The standard InChI is InChI=1S/C2HCl2OP/c1-2-5-6(3)4/h1H. The zero-order valence-electron chi connectivity index (χ0n) is 2.69. The van der Waals surface area contributed by atoms with Crippen LogP contribution in [0.15, 0.2) is 0 Å². The fourth-order valence-corrected chi connectivity index (χ4v) is 0.359. The Labute approximate surface area is 47.0 Å². The smallest absolute Gasteiger partial charge is 0.294 e. The van der Waals surface area contributed by atoms with E-state index in [1.54, 1.807) is 0 Å². The minimum absolute atomic E-state index is 1.39. The molecule has 0 saturated heterocycles. The molecule has 1 nitrogen and oxygen atoms in total. The molecule has 34 valence electrons. The molecule has 0 spiro atoms. The van der Waals surface area contributed by atoms with Crippen LogP contribution < -0.4 is 0 Å². The van der Waals surface area contributed by atoms with E-state index in [-0.39, 0.29) is 0 Å². The molecule has 0 aliphatic heterocycles. The van der Waals surface area contributed by atoms with Crippen molar-refractivity contribution in [1.29, 1.82) is 0 Å². The molecule has 0 aromatic carbocycles. The average molecular weight is 143 g/mol. The van der Waals surface area contributed by atoms with Gasteiger partial charge in [-0.05, 0) is 22.5 Å². The molecule has 0 radical (unpaired) electrons. The first-order valence-corrected chi connectivity index (χ1v) is 4.08. The number of halogens is 2. The van der Waals surface area contributed by atoms with Gasteiger partial charge in [0, 0.05) is 0 Å². The number of hydrogen-bond acceptors (Lipinski definition) is 1. The van der Waals surface area contributed by atoms with Crippen molar-refractivity contribution in [3.63, 3.8) is 0 Å². The highest BCUT2D eigenvalue weighted by atomic mass is 35.9. The van der Waals surface area contributed by atoms with Crippen LogP contribution in [-0.4, -0.2) is 0 Å². The Kier molecular flexibility index (Phi) is 3.78. The zero-order chi connectivity index (χ0) is 4.99. The minimum Gasteiger partial charge on any atom is -0.393 e. The molecule has 0 bridgehead atoms. The van der Waals surface area contributed by atoms with Crippen molar-refractivity contribution < 1.29 is 4.52 Å². The van der Waals surface area contributed by atoms with Crippen molar-refractivity contribution in [1.82, 2.24) is 0 Å². The number of rotatable bonds is 1. The molecule has 0 rings (SSSR count). The van der Waals surface area contributed by atoms with E-state index in [1.165, 1.54) is 0 Å². The van der Waals surface area contributed by atoms with Gasteiger partial charge in [-0.3, -0.25) is 0 Å². The van der Waals surface area contributed by atoms with Crippen molar-refractivity contribution in [3.05, 3.63) is 0 Å². The molecule has 0 aliphatic rings. The Morgan fingerprint density at radius 1 is 1.67 bits per heavy atom. The highest BCUT2D eigenvalue weighted by molar-refractivity contribution is 8.00. The van der Waals surface area contributed by atoms with Crippen LogP contribution >= 0.6 is 29.3 Å². The summed E-state index contributed by atoms with van der Waals surface area (Å²) in [5.41, 5.74) is 0. The summed E-state index contributed by atoms with van der Waals surface area (Å²) in [6.45, 7) is -1.39. The van der Waals surface area contributed by atoms with Crippen LogP contribution in [0.25, 0.3) is 0 Å².